The third-order valence-corrected chi connectivity index (χ3v) is 2.86. The molecule has 1 aromatic carbocycles. The maximum absolute atomic E-state index is 5.90. The molecule has 1 rings (SSSR count). The summed E-state index contributed by atoms with van der Waals surface area (Å²) in [5, 5.41) is 0. The van der Waals surface area contributed by atoms with Crippen molar-refractivity contribution in [1.29, 1.82) is 0 Å². The second-order valence-electron chi connectivity index (χ2n) is 3.06. The van der Waals surface area contributed by atoms with Crippen molar-refractivity contribution in [3.8, 4) is 0 Å². The SMILES string of the molecule is CCSc1ccc([C@@H](N)COC)cc1.Cl. The molecule has 0 spiro atoms. The maximum atomic E-state index is 5.90. The van der Waals surface area contributed by atoms with E-state index in [1.54, 1.807) is 7.11 Å². The van der Waals surface area contributed by atoms with E-state index < -0.39 is 0 Å². The Kier molecular flexibility index (Phi) is 7.88. The van der Waals surface area contributed by atoms with E-state index in [2.05, 4.69) is 31.2 Å². The molecule has 0 radical (unpaired) electrons. The zero-order valence-electron chi connectivity index (χ0n) is 9.10. The van der Waals surface area contributed by atoms with Crippen molar-refractivity contribution in [3.05, 3.63) is 29.8 Å². The molecule has 0 heterocycles. The minimum atomic E-state index is -0.0133. The van der Waals surface area contributed by atoms with Gasteiger partial charge in [0.2, 0.25) is 0 Å². The molecule has 0 fully saturated rings. The molecule has 0 bridgehead atoms. The van der Waals surface area contributed by atoms with E-state index in [9.17, 15) is 0 Å². The van der Waals surface area contributed by atoms with E-state index in [4.69, 9.17) is 10.5 Å². The van der Waals surface area contributed by atoms with Gasteiger partial charge in [0.05, 0.1) is 12.6 Å². The second-order valence-corrected chi connectivity index (χ2v) is 4.40. The molecule has 86 valence electrons. The predicted octanol–water partition coefficient (Wildman–Crippen LogP) is 2.87. The van der Waals surface area contributed by atoms with Gasteiger partial charge >= 0.3 is 0 Å². The lowest BCUT2D eigenvalue weighted by Gasteiger charge is -2.10. The van der Waals surface area contributed by atoms with Crippen LogP contribution in [-0.4, -0.2) is 19.5 Å². The molecular weight excluding hydrogens is 230 g/mol. The number of methoxy groups -OCH3 is 1. The Morgan fingerprint density at radius 1 is 1.33 bits per heavy atom. The fourth-order valence-corrected chi connectivity index (χ4v) is 1.92. The van der Waals surface area contributed by atoms with Crippen LogP contribution in [0.1, 0.15) is 18.5 Å². The smallest absolute Gasteiger partial charge is 0.0655 e. The molecule has 1 atom stereocenters. The number of hydrogen-bond acceptors (Lipinski definition) is 3. The number of nitrogens with two attached hydrogens (primary N) is 1. The first-order valence-electron chi connectivity index (χ1n) is 4.75. The minimum absolute atomic E-state index is 0. The molecular formula is C11H18ClNOS. The summed E-state index contributed by atoms with van der Waals surface area (Å²) in [5.41, 5.74) is 7.03. The molecule has 2 nitrogen and oxygen atoms in total. The Morgan fingerprint density at radius 2 is 1.93 bits per heavy atom. The van der Waals surface area contributed by atoms with Crippen LogP contribution in [0.15, 0.2) is 29.2 Å². The average molecular weight is 248 g/mol. The van der Waals surface area contributed by atoms with Gasteiger partial charge in [0, 0.05) is 12.0 Å². The summed E-state index contributed by atoms with van der Waals surface area (Å²) in [5.74, 6) is 1.10. The largest absolute Gasteiger partial charge is 0.383 e. The molecule has 0 saturated carbocycles. The van der Waals surface area contributed by atoms with Crippen LogP contribution in [0.4, 0.5) is 0 Å². The summed E-state index contributed by atoms with van der Waals surface area (Å²) >= 11 is 1.84. The van der Waals surface area contributed by atoms with Crippen LogP contribution in [0.3, 0.4) is 0 Å². The summed E-state index contributed by atoms with van der Waals surface area (Å²) in [6.45, 7) is 2.72. The molecule has 0 saturated heterocycles. The van der Waals surface area contributed by atoms with Crippen LogP contribution in [0.2, 0.25) is 0 Å². The number of halogens is 1. The molecule has 0 aliphatic heterocycles. The van der Waals surface area contributed by atoms with E-state index in [-0.39, 0.29) is 18.4 Å². The Hall–Kier alpha value is -0.220. The van der Waals surface area contributed by atoms with Crippen LogP contribution in [0, 0.1) is 0 Å². The van der Waals surface area contributed by atoms with E-state index in [0.29, 0.717) is 6.61 Å². The van der Waals surface area contributed by atoms with Crippen LogP contribution >= 0.6 is 24.2 Å². The van der Waals surface area contributed by atoms with Crippen molar-refractivity contribution < 1.29 is 4.74 Å². The fraction of sp³-hybridized carbons (Fsp3) is 0.455. The number of benzene rings is 1. The molecule has 1 aromatic rings. The second kappa shape index (κ2) is 7.99. The minimum Gasteiger partial charge on any atom is -0.383 e. The first kappa shape index (κ1) is 14.8. The molecule has 0 aromatic heterocycles. The lowest BCUT2D eigenvalue weighted by molar-refractivity contribution is 0.181. The quantitative estimate of drug-likeness (QED) is 0.813. The predicted molar refractivity (Wildman–Crippen MR) is 68.9 cm³/mol. The van der Waals surface area contributed by atoms with Gasteiger partial charge in [0.1, 0.15) is 0 Å². The standard InChI is InChI=1S/C11H17NOS.ClH/c1-3-14-10-6-4-9(5-7-10)11(12)8-13-2;/h4-7,11H,3,8,12H2,1-2H3;1H/t11-;/m0./s1. The summed E-state index contributed by atoms with van der Waals surface area (Å²) in [6.07, 6.45) is 0. The Morgan fingerprint density at radius 3 is 2.40 bits per heavy atom. The normalized spacial score (nSPS) is 11.9. The molecule has 0 unspecified atom stereocenters. The van der Waals surface area contributed by atoms with Gasteiger partial charge in [-0.2, -0.15) is 0 Å². The van der Waals surface area contributed by atoms with Crippen LogP contribution in [0.5, 0.6) is 0 Å². The summed E-state index contributed by atoms with van der Waals surface area (Å²) in [7, 11) is 1.67. The van der Waals surface area contributed by atoms with E-state index >= 15 is 0 Å². The van der Waals surface area contributed by atoms with E-state index in [1.165, 1.54) is 4.90 Å². The summed E-state index contributed by atoms with van der Waals surface area (Å²) < 4.78 is 5.01. The molecule has 0 aliphatic rings. The summed E-state index contributed by atoms with van der Waals surface area (Å²) in [4.78, 5) is 1.29. The van der Waals surface area contributed by atoms with Crippen molar-refractivity contribution in [3.63, 3.8) is 0 Å². The number of ether oxygens (including phenoxy) is 1. The number of rotatable bonds is 5. The number of hydrogen-bond donors (Lipinski definition) is 1. The molecule has 2 N–H and O–H groups in total. The van der Waals surface area contributed by atoms with Gasteiger partial charge in [-0.05, 0) is 23.4 Å². The highest BCUT2D eigenvalue weighted by molar-refractivity contribution is 7.99. The van der Waals surface area contributed by atoms with Crippen molar-refractivity contribution in [1.82, 2.24) is 0 Å². The van der Waals surface area contributed by atoms with Gasteiger partial charge in [0.15, 0.2) is 0 Å². The molecule has 15 heavy (non-hydrogen) atoms. The third kappa shape index (κ3) is 4.89. The van der Waals surface area contributed by atoms with Gasteiger partial charge in [0.25, 0.3) is 0 Å². The van der Waals surface area contributed by atoms with Crippen LogP contribution in [0.25, 0.3) is 0 Å². The molecule has 4 heteroatoms. The van der Waals surface area contributed by atoms with Crippen LogP contribution < -0.4 is 5.73 Å². The lowest BCUT2D eigenvalue weighted by atomic mass is 10.1. The Labute approximate surface area is 102 Å². The van der Waals surface area contributed by atoms with Crippen molar-refractivity contribution in [2.45, 2.75) is 17.9 Å². The first-order chi connectivity index (χ1) is 6.77. The monoisotopic (exact) mass is 247 g/mol. The lowest BCUT2D eigenvalue weighted by Crippen LogP contribution is -2.15. The Balaban J connectivity index is 0.00000196. The van der Waals surface area contributed by atoms with Crippen molar-refractivity contribution in [2.75, 3.05) is 19.5 Å². The van der Waals surface area contributed by atoms with E-state index in [1.807, 2.05) is 11.8 Å². The Bertz CT molecular complexity index is 266. The first-order valence-corrected chi connectivity index (χ1v) is 5.73. The van der Waals surface area contributed by atoms with Crippen LogP contribution in [-0.2, 0) is 4.74 Å². The third-order valence-electron chi connectivity index (χ3n) is 1.97. The topological polar surface area (TPSA) is 35.2 Å². The van der Waals surface area contributed by atoms with E-state index in [0.717, 1.165) is 11.3 Å². The van der Waals surface area contributed by atoms with Gasteiger partial charge in [-0.3, -0.25) is 0 Å². The average Bonchev–Trinajstić information content (AvgIpc) is 2.20. The van der Waals surface area contributed by atoms with Crippen molar-refractivity contribution in [2.24, 2.45) is 5.73 Å². The molecule has 0 aliphatic carbocycles. The maximum Gasteiger partial charge on any atom is 0.0655 e. The zero-order valence-corrected chi connectivity index (χ0v) is 10.7. The van der Waals surface area contributed by atoms with Gasteiger partial charge in [-0.1, -0.05) is 19.1 Å². The fourth-order valence-electron chi connectivity index (χ4n) is 1.25. The van der Waals surface area contributed by atoms with Gasteiger partial charge in [-0.25, -0.2) is 0 Å². The highest BCUT2D eigenvalue weighted by Gasteiger charge is 2.04. The highest BCUT2D eigenvalue weighted by atomic mass is 35.5. The van der Waals surface area contributed by atoms with Crippen molar-refractivity contribution >= 4 is 24.2 Å². The summed E-state index contributed by atoms with van der Waals surface area (Å²) in [6, 6.07) is 8.35. The zero-order chi connectivity index (χ0) is 10.4. The highest BCUT2D eigenvalue weighted by Crippen LogP contribution is 2.19. The molecule has 0 amide bonds. The number of thioether (sulfide) groups is 1. The van der Waals surface area contributed by atoms with Gasteiger partial charge in [-0.15, -0.1) is 24.2 Å². The van der Waals surface area contributed by atoms with Gasteiger partial charge < -0.3 is 10.5 Å².